The smallest absolute Gasteiger partial charge is 0.264 e. The van der Waals surface area contributed by atoms with Gasteiger partial charge in [-0.15, -0.1) is 0 Å². The molecule has 1 atom stereocenters. The van der Waals surface area contributed by atoms with Gasteiger partial charge in [0, 0.05) is 18.1 Å². The lowest BCUT2D eigenvalue weighted by Crippen LogP contribution is -2.34. The van der Waals surface area contributed by atoms with Crippen molar-refractivity contribution < 1.29 is 27.9 Å². The molecule has 0 aliphatic heterocycles. The lowest BCUT2D eigenvalue weighted by molar-refractivity contribution is -0.251. The highest BCUT2D eigenvalue weighted by Gasteiger charge is 2.27. The lowest BCUT2D eigenvalue weighted by Gasteiger charge is -2.21. The van der Waals surface area contributed by atoms with Crippen molar-refractivity contribution in [3.63, 3.8) is 0 Å². The predicted molar refractivity (Wildman–Crippen MR) is 197 cm³/mol. The molecule has 0 bridgehead atoms. The zero-order chi connectivity index (χ0) is 34.5. The Hall–Kier alpha value is -5.31. The summed E-state index contributed by atoms with van der Waals surface area (Å²) < 4.78 is 33.1. The molecule has 1 aliphatic carbocycles. The number of hydrogen-bond donors (Lipinski definition) is 2. The van der Waals surface area contributed by atoms with Crippen LogP contribution in [-0.2, 0) is 19.6 Å². The largest absolute Gasteiger partial charge is 0.599 e. The number of amides is 2. The molecule has 256 valence electrons. The SMILES string of the molecule is Cc1ccc(C(NC(=O)c2ccc(S(=O)(=O)NC(=O)CN=C([O-])OCC3c4ccccc4-c4ccccc43)cc2)c2ccc(C)cc2)cc1.P. The van der Waals surface area contributed by atoms with E-state index >= 15 is 0 Å². The molecule has 0 heterocycles. The van der Waals surface area contributed by atoms with E-state index in [0.717, 1.165) is 44.5 Å². The number of nitrogens with zero attached hydrogens (tertiary/aromatic N) is 1. The Morgan fingerprint density at radius 1 is 0.760 bits per heavy atom. The number of aryl methyl sites for hydroxylation is 2. The van der Waals surface area contributed by atoms with Crippen LogP contribution in [-0.4, -0.2) is 39.5 Å². The van der Waals surface area contributed by atoms with Gasteiger partial charge in [0.1, 0.15) is 12.6 Å². The van der Waals surface area contributed by atoms with Crippen LogP contribution in [0.15, 0.2) is 131 Å². The van der Waals surface area contributed by atoms with Crippen LogP contribution in [0.4, 0.5) is 0 Å². The van der Waals surface area contributed by atoms with Gasteiger partial charge in [0.15, 0.2) is 0 Å². The minimum atomic E-state index is -4.30. The quantitative estimate of drug-likeness (QED) is 0.116. The summed E-state index contributed by atoms with van der Waals surface area (Å²) in [4.78, 5) is 29.2. The maximum absolute atomic E-state index is 13.3. The summed E-state index contributed by atoms with van der Waals surface area (Å²) in [6, 6.07) is 36.2. The second kappa shape index (κ2) is 15.5. The zero-order valence-corrected chi connectivity index (χ0v) is 29.9. The topological polar surface area (TPSA) is 137 Å². The molecule has 0 spiro atoms. The number of nitrogens with one attached hydrogen (secondary N) is 2. The maximum Gasteiger partial charge on any atom is 0.264 e. The molecule has 0 saturated carbocycles. The third kappa shape index (κ3) is 8.10. The first-order chi connectivity index (χ1) is 23.6. The fourth-order valence-electron chi connectivity index (χ4n) is 5.89. The van der Waals surface area contributed by atoms with Crippen LogP contribution in [0.1, 0.15) is 55.7 Å². The van der Waals surface area contributed by atoms with Crippen LogP contribution in [0.2, 0.25) is 0 Å². The normalized spacial score (nSPS) is 12.4. The van der Waals surface area contributed by atoms with E-state index in [4.69, 9.17) is 4.74 Å². The Bertz CT molecular complexity index is 2040. The Labute approximate surface area is 295 Å². The van der Waals surface area contributed by atoms with E-state index in [0.29, 0.717) is 0 Å². The Morgan fingerprint density at radius 3 is 1.78 bits per heavy atom. The van der Waals surface area contributed by atoms with Gasteiger partial charge < -0.3 is 15.2 Å². The monoisotopic (exact) mass is 706 g/mol. The van der Waals surface area contributed by atoms with E-state index < -0.39 is 40.5 Å². The second-order valence-electron chi connectivity index (χ2n) is 11.9. The Balaban J connectivity index is 0.00000486. The van der Waals surface area contributed by atoms with Crippen molar-refractivity contribution in [3.05, 3.63) is 160 Å². The highest BCUT2D eigenvalue weighted by atomic mass is 32.2. The van der Waals surface area contributed by atoms with Crippen LogP contribution in [0.5, 0.6) is 0 Å². The molecule has 2 N–H and O–H groups in total. The lowest BCUT2D eigenvalue weighted by atomic mass is 9.96. The molecule has 5 aromatic carbocycles. The fourth-order valence-corrected chi connectivity index (χ4v) is 6.87. The molecule has 0 saturated heterocycles. The van der Waals surface area contributed by atoms with Gasteiger partial charge in [-0.05, 0) is 71.5 Å². The van der Waals surface area contributed by atoms with Crippen molar-refractivity contribution in [1.29, 1.82) is 0 Å². The van der Waals surface area contributed by atoms with Gasteiger partial charge in [0.05, 0.1) is 10.9 Å². The van der Waals surface area contributed by atoms with E-state index in [9.17, 15) is 23.1 Å². The molecule has 11 heteroatoms. The summed E-state index contributed by atoms with van der Waals surface area (Å²) in [5.41, 5.74) is 8.41. The molecule has 0 radical (unpaired) electrons. The molecule has 9 nitrogen and oxygen atoms in total. The van der Waals surface area contributed by atoms with Gasteiger partial charge >= 0.3 is 0 Å². The van der Waals surface area contributed by atoms with Gasteiger partial charge in [-0.2, -0.15) is 9.90 Å². The number of fused-ring (bicyclic) bond motifs is 3. The van der Waals surface area contributed by atoms with E-state index in [1.54, 1.807) is 0 Å². The minimum absolute atomic E-state index is 0. The van der Waals surface area contributed by atoms with Crippen molar-refractivity contribution in [1.82, 2.24) is 10.0 Å². The molecular weight excluding hydrogens is 669 g/mol. The van der Waals surface area contributed by atoms with Crippen LogP contribution in [0.3, 0.4) is 0 Å². The molecule has 6 rings (SSSR count). The average Bonchev–Trinajstić information content (AvgIpc) is 3.43. The standard InChI is InChI=1S/C39H35N3O6S.H3P/c1-25-11-15-27(16-12-25)37(28-17-13-26(2)14-18-28)41-38(44)29-19-21-30(22-20-29)49(46,47)42-36(43)23-40-39(45)48-24-35-33-9-5-3-7-31(33)32-8-4-6-10-34(32)35;/h3-22,35,37H,23-24H2,1-2H3,(H,40,45)(H,41,44)(H,42,43);1H3/p-1. The summed E-state index contributed by atoms with van der Waals surface area (Å²) in [6.45, 7) is 3.25. The van der Waals surface area contributed by atoms with Crippen LogP contribution >= 0.6 is 9.90 Å². The maximum atomic E-state index is 13.3. The van der Waals surface area contributed by atoms with Gasteiger partial charge in [0.2, 0.25) is 0 Å². The number of aliphatic imine (C=N–C) groups is 1. The van der Waals surface area contributed by atoms with E-state index in [2.05, 4.69) is 10.3 Å². The summed E-state index contributed by atoms with van der Waals surface area (Å²) in [7, 11) is -4.30. The summed E-state index contributed by atoms with van der Waals surface area (Å²) >= 11 is 0. The van der Waals surface area contributed by atoms with Gasteiger partial charge in [0.25, 0.3) is 21.8 Å². The van der Waals surface area contributed by atoms with Gasteiger partial charge in [-0.25, -0.2) is 13.1 Å². The minimum Gasteiger partial charge on any atom is -0.599 e. The van der Waals surface area contributed by atoms with Crippen molar-refractivity contribution in [2.24, 2.45) is 4.99 Å². The van der Waals surface area contributed by atoms with Crippen molar-refractivity contribution >= 4 is 37.8 Å². The van der Waals surface area contributed by atoms with Crippen molar-refractivity contribution in [3.8, 4) is 11.1 Å². The van der Waals surface area contributed by atoms with Gasteiger partial charge in [-0.1, -0.05) is 108 Å². The van der Waals surface area contributed by atoms with Crippen LogP contribution in [0.25, 0.3) is 11.1 Å². The third-order valence-corrected chi connectivity index (χ3v) is 9.85. The first kappa shape index (κ1) is 36.0. The second-order valence-corrected chi connectivity index (χ2v) is 13.6. The van der Waals surface area contributed by atoms with Crippen LogP contribution < -0.4 is 15.1 Å². The predicted octanol–water partition coefficient (Wildman–Crippen LogP) is 5.23. The molecule has 0 aromatic heterocycles. The summed E-state index contributed by atoms with van der Waals surface area (Å²) in [5.74, 6) is -1.59. The van der Waals surface area contributed by atoms with Crippen molar-refractivity contribution in [2.75, 3.05) is 13.2 Å². The Kier molecular flexibility index (Phi) is 11.1. The Morgan fingerprint density at radius 2 is 1.26 bits per heavy atom. The molecule has 1 aliphatic rings. The summed E-state index contributed by atoms with van der Waals surface area (Å²) in [5, 5.41) is 15.4. The number of ether oxygens (including phenoxy) is 1. The number of benzene rings is 5. The highest BCUT2D eigenvalue weighted by molar-refractivity contribution is 7.90. The first-order valence-corrected chi connectivity index (χ1v) is 17.2. The number of carbonyl (C=O) groups excluding carboxylic acids is 2. The molecule has 50 heavy (non-hydrogen) atoms. The zero-order valence-electron chi connectivity index (χ0n) is 27.6. The molecular formula is C39H37N3O6PS-. The average molecular weight is 707 g/mol. The molecule has 0 fully saturated rings. The summed E-state index contributed by atoms with van der Waals surface area (Å²) in [6.07, 6.45) is -0.973. The van der Waals surface area contributed by atoms with Gasteiger partial charge in [-0.3, -0.25) is 14.6 Å². The van der Waals surface area contributed by atoms with E-state index in [1.807, 2.05) is 116 Å². The number of hydrogen-bond acceptors (Lipinski definition) is 7. The first-order valence-electron chi connectivity index (χ1n) is 15.7. The van der Waals surface area contributed by atoms with E-state index in [-0.39, 0.29) is 32.9 Å². The third-order valence-electron chi connectivity index (χ3n) is 8.46. The molecule has 2 amide bonds. The highest BCUT2D eigenvalue weighted by Crippen LogP contribution is 2.44. The fraction of sp³-hybridized carbons (Fsp3) is 0.154. The van der Waals surface area contributed by atoms with E-state index in [1.165, 1.54) is 24.3 Å². The number of sulfonamides is 1. The van der Waals surface area contributed by atoms with Crippen LogP contribution in [0, 0.1) is 13.8 Å². The van der Waals surface area contributed by atoms with Crippen molar-refractivity contribution in [2.45, 2.75) is 30.7 Å². The molecule has 5 aromatic rings. The molecule has 1 unspecified atom stereocenters. The number of carbonyl (C=O) groups is 2. The number of rotatable bonds is 10.